The van der Waals surface area contributed by atoms with E-state index < -0.39 is 0 Å². The summed E-state index contributed by atoms with van der Waals surface area (Å²) in [5.41, 5.74) is 5.00. The molecule has 0 fully saturated rings. The molecule has 1 amide bonds. The largest absolute Gasteiger partial charge is 0.339 e. The number of nitrogens with zero attached hydrogens (tertiary/aromatic N) is 1. The number of carbonyl (C=O) groups excluding carboxylic acids is 1. The van der Waals surface area contributed by atoms with Gasteiger partial charge in [0.1, 0.15) is 0 Å². The van der Waals surface area contributed by atoms with Crippen LogP contribution in [0.25, 0.3) is 22.3 Å². The molecule has 0 bridgehead atoms. The van der Waals surface area contributed by atoms with Crippen LogP contribution in [0, 0.1) is 0 Å². The van der Waals surface area contributed by atoms with E-state index in [4.69, 9.17) is 0 Å². The highest BCUT2D eigenvalue weighted by Crippen LogP contribution is 2.30. The van der Waals surface area contributed by atoms with Crippen LogP contribution in [0.2, 0.25) is 0 Å². The molecule has 25 heavy (non-hydrogen) atoms. The van der Waals surface area contributed by atoms with Crippen molar-refractivity contribution in [3.05, 3.63) is 84.4 Å². The normalized spacial score (nSPS) is 10.5. The SMILES string of the molecule is CCN(CC)C(=O)c1cc(-c2ccccc2)ccc1-c1ccccc1. The lowest BCUT2D eigenvalue weighted by Crippen LogP contribution is -2.30. The number of hydrogen-bond acceptors (Lipinski definition) is 1. The van der Waals surface area contributed by atoms with Crippen molar-refractivity contribution in [2.75, 3.05) is 13.1 Å². The van der Waals surface area contributed by atoms with Gasteiger partial charge in [-0.2, -0.15) is 0 Å². The minimum absolute atomic E-state index is 0.0848. The van der Waals surface area contributed by atoms with Crippen LogP contribution >= 0.6 is 0 Å². The van der Waals surface area contributed by atoms with Gasteiger partial charge in [0.15, 0.2) is 0 Å². The van der Waals surface area contributed by atoms with Gasteiger partial charge in [-0.25, -0.2) is 0 Å². The molecule has 0 saturated carbocycles. The Labute approximate surface area is 149 Å². The zero-order chi connectivity index (χ0) is 17.6. The molecule has 0 atom stereocenters. The second-order valence-electron chi connectivity index (χ2n) is 5.97. The maximum atomic E-state index is 13.1. The first-order chi connectivity index (χ1) is 12.2. The van der Waals surface area contributed by atoms with Crippen molar-refractivity contribution in [1.29, 1.82) is 0 Å². The molecule has 0 aliphatic heterocycles. The summed E-state index contributed by atoms with van der Waals surface area (Å²) >= 11 is 0. The van der Waals surface area contributed by atoms with Gasteiger partial charge in [0, 0.05) is 18.7 Å². The van der Waals surface area contributed by atoms with E-state index in [1.54, 1.807) is 0 Å². The quantitative estimate of drug-likeness (QED) is 0.605. The molecule has 0 saturated heterocycles. The highest BCUT2D eigenvalue weighted by molar-refractivity contribution is 6.02. The summed E-state index contributed by atoms with van der Waals surface area (Å²) in [7, 11) is 0. The fourth-order valence-corrected chi connectivity index (χ4v) is 3.08. The molecular formula is C23H23NO. The van der Waals surface area contributed by atoms with Crippen LogP contribution in [0.15, 0.2) is 78.9 Å². The summed E-state index contributed by atoms with van der Waals surface area (Å²) < 4.78 is 0. The molecular weight excluding hydrogens is 306 g/mol. The molecule has 3 rings (SSSR count). The minimum Gasteiger partial charge on any atom is -0.339 e. The Hall–Kier alpha value is -2.87. The van der Waals surface area contributed by atoms with Gasteiger partial charge in [-0.1, -0.05) is 72.8 Å². The maximum absolute atomic E-state index is 13.1. The summed E-state index contributed by atoms with van der Waals surface area (Å²) in [6, 6.07) is 26.5. The van der Waals surface area contributed by atoms with Crippen LogP contribution in [0.4, 0.5) is 0 Å². The Morgan fingerprint density at radius 3 is 1.84 bits per heavy atom. The van der Waals surface area contributed by atoms with Crippen molar-refractivity contribution in [2.24, 2.45) is 0 Å². The van der Waals surface area contributed by atoms with E-state index in [0.29, 0.717) is 13.1 Å². The summed E-state index contributed by atoms with van der Waals surface area (Å²) in [5.74, 6) is 0.0848. The van der Waals surface area contributed by atoms with Gasteiger partial charge in [-0.05, 0) is 42.2 Å². The first-order valence-corrected chi connectivity index (χ1v) is 8.78. The average Bonchev–Trinajstić information content (AvgIpc) is 2.69. The lowest BCUT2D eigenvalue weighted by molar-refractivity contribution is 0.0774. The molecule has 126 valence electrons. The number of hydrogen-bond donors (Lipinski definition) is 0. The molecule has 3 aromatic rings. The monoisotopic (exact) mass is 329 g/mol. The molecule has 2 heteroatoms. The van der Waals surface area contributed by atoms with Gasteiger partial charge in [0.2, 0.25) is 0 Å². The maximum Gasteiger partial charge on any atom is 0.254 e. The molecule has 0 N–H and O–H groups in total. The summed E-state index contributed by atoms with van der Waals surface area (Å²) in [6.45, 7) is 5.45. The first kappa shape index (κ1) is 17.0. The van der Waals surface area contributed by atoms with Crippen LogP contribution in [0.5, 0.6) is 0 Å². The van der Waals surface area contributed by atoms with Gasteiger partial charge in [0.25, 0.3) is 5.91 Å². The minimum atomic E-state index is 0.0848. The summed E-state index contributed by atoms with van der Waals surface area (Å²) in [6.07, 6.45) is 0. The molecule has 0 aromatic heterocycles. The van der Waals surface area contributed by atoms with Gasteiger partial charge < -0.3 is 4.90 Å². The lowest BCUT2D eigenvalue weighted by atomic mass is 9.94. The third-order valence-electron chi connectivity index (χ3n) is 4.49. The van der Waals surface area contributed by atoms with E-state index in [1.165, 1.54) is 0 Å². The number of rotatable bonds is 5. The molecule has 0 aliphatic carbocycles. The molecule has 0 aliphatic rings. The number of amides is 1. The fraction of sp³-hybridized carbons (Fsp3) is 0.174. The molecule has 0 spiro atoms. The van der Waals surface area contributed by atoms with Gasteiger partial charge in [-0.3, -0.25) is 4.79 Å². The lowest BCUT2D eigenvalue weighted by Gasteiger charge is -2.21. The molecule has 0 unspecified atom stereocenters. The van der Waals surface area contributed by atoms with Crippen molar-refractivity contribution in [1.82, 2.24) is 4.90 Å². The Balaban J connectivity index is 2.14. The van der Waals surface area contributed by atoms with Crippen molar-refractivity contribution < 1.29 is 4.79 Å². The Bertz CT molecular complexity index is 836. The third-order valence-corrected chi connectivity index (χ3v) is 4.49. The average molecular weight is 329 g/mol. The Morgan fingerprint density at radius 1 is 0.720 bits per heavy atom. The summed E-state index contributed by atoms with van der Waals surface area (Å²) in [4.78, 5) is 15.0. The van der Waals surface area contributed by atoms with E-state index in [9.17, 15) is 4.79 Å². The second-order valence-corrected chi connectivity index (χ2v) is 5.97. The van der Waals surface area contributed by atoms with E-state index in [-0.39, 0.29) is 5.91 Å². The smallest absolute Gasteiger partial charge is 0.254 e. The van der Waals surface area contributed by atoms with Gasteiger partial charge >= 0.3 is 0 Å². The van der Waals surface area contributed by atoms with Crippen LogP contribution < -0.4 is 0 Å². The predicted molar refractivity (Wildman–Crippen MR) is 105 cm³/mol. The highest BCUT2D eigenvalue weighted by atomic mass is 16.2. The predicted octanol–water partition coefficient (Wildman–Crippen LogP) is 5.50. The Morgan fingerprint density at radius 2 is 1.28 bits per heavy atom. The number of benzene rings is 3. The van der Waals surface area contributed by atoms with Crippen LogP contribution in [0.3, 0.4) is 0 Å². The van der Waals surface area contributed by atoms with Crippen LogP contribution in [0.1, 0.15) is 24.2 Å². The number of carbonyl (C=O) groups is 1. The van der Waals surface area contributed by atoms with E-state index in [2.05, 4.69) is 36.4 Å². The van der Waals surface area contributed by atoms with Crippen molar-refractivity contribution in [3.63, 3.8) is 0 Å². The molecule has 0 heterocycles. The molecule has 2 nitrogen and oxygen atoms in total. The second kappa shape index (κ2) is 7.80. The van der Waals surface area contributed by atoms with E-state index in [1.807, 2.05) is 61.2 Å². The Kier molecular flexibility index (Phi) is 5.30. The topological polar surface area (TPSA) is 20.3 Å². The molecule has 0 radical (unpaired) electrons. The first-order valence-electron chi connectivity index (χ1n) is 8.78. The van der Waals surface area contributed by atoms with E-state index in [0.717, 1.165) is 27.8 Å². The van der Waals surface area contributed by atoms with Crippen LogP contribution in [-0.2, 0) is 0 Å². The third kappa shape index (κ3) is 3.63. The van der Waals surface area contributed by atoms with Crippen molar-refractivity contribution in [2.45, 2.75) is 13.8 Å². The van der Waals surface area contributed by atoms with Gasteiger partial charge in [-0.15, -0.1) is 0 Å². The zero-order valence-corrected chi connectivity index (χ0v) is 14.8. The van der Waals surface area contributed by atoms with E-state index >= 15 is 0 Å². The van der Waals surface area contributed by atoms with Crippen molar-refractivity contribution >= 4 is 5.91 Å². The van der Waals surface area contributed by atoms with Crippen LogP contribution in [-0.4, -0.2) is 23.9 Å². The van der Waals surface area contributed by atoms with Crippen molar-refractivity contribution in [3.8, 4) is 22.3 Å². The zero-order valence-electron chi connectivity index (χ0n) is 14.8. The standard InChI is InChI=1S/C23H23NO/c1-3-24(4-2)23(25)22-17-20(18-11-7-5-8-12-18)15-16-21(22)19-13-9-6-10-14-19/h5-17H,3-4H2,1-2H3. The van der Waals surface area contributed by atoms with Gasteiger partial charge in [0.05, 0.1) is 0 Å². The molecule has 3 aromatic carbocycles. The fourth-order valence-electron chi connectivity index (χ4n) is 3.08. The summed E-state index contributed by atoms with van der Waals surface area (Å²) in [5, 5.41) is 0. The highest BCUT2D eigenvalue weighted by Gasteiger charge is 2.18.